The molecule has 0 fully saturated rings. The summed E-state index contributed by atoms with van der Waals surface area (Å²) in [6, 6.07) is 9.54. The summed E-state index contributed by atoms with van der Waals surface area (Å²) in [6.45, 7) is -0.617. The number of nitro groups is 1. The number of benzene rings is 2. The summed E-state index contributed by atoms with van der Waals surface area (Å²) in [7, 11) is 0. The number of nitrogens with zero attached hydrogens (tertiary/aromatic N) is 1. The van der Waals surface area contributed by atoms with Crippen molar-refractivity contribution in [2.75, 3.05) is 17.7 Å². The molecule has 0 radical (unpaired) electrons. The summed E-state index contributed by atoms with van der Waals surface area (Å²) in [5, 5.41) is 13.6. The third kappa shape index (κ3) is 6.01. The van der Waals surface area contributed by atoms with Crippen LogP contribution in [0.2, 0.25) is 5.02 Å². The molecule has 0 heterocycles. The molecular weight excluding hydrogens is 387 g/mol. The molecule has 2 aromatic carbocycles. The fourth-order valence-electron chi connectivity index (χ4n) is 1.81. The quantitative estimate of drug-likeness (QED) is 0.331. The van der Waals surface area contributed by atoms with E-state index in [1.165, 1.54) is 11.8 Å². The number of carbonyl (C=O) groups is 2. The zero-order valence-electron chi connectivity index (χ0n) is 13.1. The van der Waals surface area contributed by atoms with Crippen LogP contribution in [0.25, 0.3) is 0 Å². The molecule has 0 unspecified atom stereocenters. The average Bonchev–Trinajstić information content (AvgIpc) is 2.61. The maximum Gasteiger partial charge on any atom is 0.316 e. The third-order valence-electron chi connectivity index (χ3n) is 2.97. The Bertz CT molecular complexity index is 832. The number of ether oxygens (including phenoxy) is 1. The first-order valence-electron chi connectivity index (χ1n) is 7.13. The van der Waals surface area contributed by atoms with E-state index < -0.39 is 34.9 Å². The van der Waals surface area contributed by atoms with E-state index >= 15 is 0 Å². The molecule has 2 aromatic rings. The van der Waals surface area contributed by atoms with Gasteiger partial charge in [-0.2, -0.15) is 0 Å². The molecule has 2 rings (SSSR count). The Morgan fingerprint density at radius 2 is 1.92 bits per heavy atom. The molecule has 1 amide bonds. The standard InChI is InChI=1S/C16H12ClFN2O5S/c17-10-1-4-12(5-2-10)26-9-16(22)25-8-15(21)19-13-6-3-11(18)7-14(13)20(23)24/h1-7H,8-9H2,(H,19,21). The van der Waals surface area contributed by atoms with E-state index in [0.29, 0.717) is 11.1 Å². The Morgan fingerprint density at radius 1 is 1.23 bits per heavy atom. The summed E-state index contributed by atoms with van der Waals surface area (Å²) >= 11 is 6.96. The lowest BCUT2D eigenvalue weighted by atomic mass is 10.2. The van der Waals surface area contributed by atoms with Gasteiger partial charge in [-0.1, -0.05) is 11.6 Å². The Hall–Kier alpha value is -2.65. The number of hydrogen-bond acceptors (Lipinski definition) is 6. The molecule has 0 aliphatic rings. The van der Waals surface area contributed by atoms with Crippen molar-refractivity contribution in [1.82, 2.24) is 0 Å². The van der Waals surface area contributed by atoms with Gasteiger partial charge < -0.3 is 10.1 Å². The highest BCUT2D eigenvalue weighted by atomic mass is 35.5. The number of amides is 1. The van der Waals surface area contributed by atoms with E-state index in [2.05, 4.69) is 5.32 Å². The second kappa shape index (κ2) is 9.16. The zero-order chi connectivity index (χ0) is 19.1. The number of halogens is 2. The van der Waals surface area contributed by atoms with Crippen LogP contribution in [0.15, 0.2) is 47.4 Å². The van der Waals surface area contributed by atoms with Crippen LogP contribution in [0.4, 0.5) is 15.8 Å². The van der Waals surface area contributed by atoms with Crippen molar-refractivity contribution in [1.29, 1.82) is 0 Å². The van der Waals surface area contributed by atoms with Crippen LogP contribution >= 0.6 is 23.4 Å². The molecule has 136 valence electrons. The number of esters is 1. The first-order chi connectivity index (χ1) is 12.3. The molecule has 26 heavy (non-hydrogen) atoms. The minimum atomic E-state index is -0.826. The average molecular weight is 399 g/mol. The highest BCUT2D eigenvalue weighted by molar-refractivity contribution is 8.00. The minimum absolute atomic E-state index is 0.0222. The number of thioether (sulfide) groups is 1. The van der Waals surface area contributed by atoms with E-state index in [-0.39, 0.29) is 11.4 Å². The van der Waals surface area contributed by atoms with Gasteiger partial charge in [0, 0.05) is 9.92 Å². The van der Waals surface area contributed by atoms with Crippen LogP contribution in [0.3, 0.4) is 0 Å². The second-order valence-corrected chi connectivity index (χ2v) is 6.36. The maximum absolute atomic E-state index is 13.0. The lowest BCUT2D eigenvalue weighted by molar-refractivity contribution is -0.384. The van der Waals surface area contributed by atoms with Gasteiger partial charge in [0.1, 0.15) is 11.5 Å². The first-order valence-corrected chi connectivity index (χ1v) is 8.49. The van der Waals surface area contributed by atoms with E-state index in [0.717, 1.165) is 17.0 Å². The highest BCUT2D eigenvalue weighted by Crippen LogP contribution is 2.25. The van der Waals surface area contributed by atoms with E-state index in [1.807, 2.05) is 0 Å². The molecular formula is C16H12ClFN2O5S. The Kier molecular flexibility index (Phi) is 6.93. The second-order valence-electron chi connectivity index (χ2n) is 4.87. The van der Waals surface area contributed by atoms with Crippen LogP contribution in [0, 0.1) is 15.9 Å². The van der Waals surface area contributed by atoms with Crippen LogP contribution in [-0.4, -0.2) is 29.2 Å². The molecule has 0 spiro atoms. The van der Waals surface area contributed by atoms with Gasteiger partial charge in [-0.05, 0) is 36.4 Å². The Labute approximate surface area is 156 Å². The molecule has 0 aliphatic heterocycles. The fourth-order valence-corrected chi connectivity index (χ4v) is 2.63. The van der Waals surface area contributed by atoms with Gasteiger partial charge in [-0.25, -0.2) is 4.39 Å². The number of carbonyl (C=O) groups excluding carboxylic acids is 2. The van der Waals surface area contributed by atoms with Crippen LogP contribution in [0.1, 0.15) is 0 Å². The number of nitrogens with one attached hydrogen (secondary N) is 1. The number of hydrogen-bond donors (Lipinski definition) is 1. The summed E-state index contributed by atoms with van der Waals surface area (Å²) in [4.78, 5) is 34.2. The molecule has 0 aromatic heterocycles. The SMILES string of the molecule is O=C(COC(=O)CSc1ccc(Cl)cc1)Nc1ccc(F)cc1[N+](=O)[O-]. The smallest absolute Gasteiger partial charge is 0.316 e. The summed E-state index contributed by atoms with van der Waals surface area (Å²) in [5.41, 5.74) is -0.782. The normalized spacial score (nSPS) is 10.2. The highest BCUT2D eigenvalue weighted by Gasteiger charge is 2.17. The Morgan fingerprint density at radius 3 is 2.58 bits per heavy atom. The number of nitro benzene ring substituents is 1. The largest absolute Gasteiger partial charge is 0.455 e. The van der Waals surface area contributed by atoms with Crippen molar-refractivity contribution in [3.05, 3.63) is 63.4 Å². The van der Waals surface area contributed by atoms with Crippen molar-refractivity contribution in [2.45, 2.75) is 4.90 Å². The minimum Gasteiger partial charge on any atom is -0.455 e. The number of anilines is 1. The predicted octanol–water partition coefficient (Wildman–Crippen LogP) is 3.66. The van der Waals surface area contributed by atoms with Gasteiger partial charge in [-0.3, -0.25) is 19.7 Å². The lowest BCUT2D eigenvalue weighted by Crippen LogP contribution is -2.22. The fraction of sp³-hybridized carbons (Fsp3) is 0.125. The zero-order valence-corrected chi connectivity index (χ0v) is 14.7. The van der Waals surface area contributed by atoms with Gasteiger partial charge >= 0.3 is 5.97 Å². The van der Waals surface area contributed by atoms with E-state index in [9.17, 15) is 24.1 Å². The molecule has 0 bridgehead atoms. The van der Waals surface area contributed by atoms with Crippen molar-refractivity contribution in [2.24, 2.45) is 0 Å². The van der Waals surface area contributed by atoms with Crippen molar-refractivity contribution < 1.29 is 23.6 Å². The van der Waals surface area contributed by atoms with Gasteiger partial charge in [0.2, 0.25) is 0 Å². The van der Waals surface area contributed by atoms with E-state index in [4.69, 9.17) is 16.3 Å². The van der Waals surface area contributed by atoms with Gasteiger partial charge in [0.05, 0.1) is 16.7 Å². The summed E-state index contributed by atoms with van der Waals surface area (Å²) in [5.74, 6) is -2.23. The van der Waals surface area contributed by atoms with Crippen LogP contribution in [-0.2, 0) is 14.3 Å². The third-order valence-corrected chi connectivity index (χ3v) is 4.20. The van der Waals surface area contributed by atoms with E-state index in [1.54, 1.807) is 24.3 Å². The molecule has 0 saturated heterocycles. The molecule has 7 nitrogen and oxygen atoms in total. The lowest BCUT2D eigenvalue weighted by Gasteiger charge is -2.07. The Balaban J connectivity index is 1.82. The number of rotatable bonds is 7. The molecule has 1 N–H and O–H groups in total. The first kappa shape index (κ1) is 19.7. The van der Waals surface area contributed by atoms with Crippen LogP contribution in [0.5, 0.6) is 0 Å². The molecule has 0 saturated carbocycles. The van der Waals surface area contributed by atoms with Gasteiger partial charge in [0.15, 0.2) is 6.61 Å². The molecule has 10 heteroatoms. The van der Waals surface area contributed by atoms with Gasteiger partial charge in [0.25, 0.3) is 11.6 Å². The van der Waals surface area contributed by atoms with Crippen molar-refractivity contribution in [3.63, 3.8) is 0 Å². The maximum atomic E-state index is 13.0. The molecule has 0 atom stereocenters. The summed E-state index contributed by atoms with van der Waals surface area (Å²) < 4.78 is 17.9. The van der Waals surface area contributed by atoms with Gasteiger partial charge in [-0.15, -0.1) is 11.8 Å². The molecule has 0 aliphatic carbocycles. The van der Waals surface area contributed by atoms with Crippen molar-refractivity contribution in [3.8, 4) is 0 Å². The predicted molar refractivity (Wildman–Crippen MR) is 94.8 cm³/mol. The van der Waals surface area contributed by atoms with Crippen LogP contribution < -0.4 is 5.32 Å². The topological polar surface area (TPSA) is 98.5 Å². The monoisotopic (exact) mass is 398 g/mol. The summed E-state index contributed by atoms with van der Waals surface area (Å²) in [6.07, 6.45) is 0. The van der Waals surface area contributed by atoms with Crippen molar-refractivity contribution >= 4 is 46.6 Å².